The Kier molecular flexibility index (Phi) is 3.52. The van der Waals surface area contributed by atoms with Crippen molar-refractivity contribution in [2.45, 2.75) is 18.8 Å². The Hall–Kier alpha value is -2.49. The van der Waals surface area contributed by atoms with E-state index in [-0.39, 0.29) is 30.3 Å². The van der Waals surface area contributed by atoms with E-state index >= 15 is 0 Å². The minimum Gasteiger partial charge on any atom is -0.469 e. The second kappa shape index (κ2) is 5.48. The van der Waals surface area contributed by atoms with E-state index in [2.05, 4.69) is 0 Å². The number of carbonyl (C=O) groups is 3. The van der Waals surface area contributed by atoms with Crippen LogP contribution in [0.3, 0.4) is 0 Å². The van der Waals surface area contributed by atoms with Gasteiger partial charge in [-0.1, -0.05) is 30.3 Å². The molecular weight excluding hydrogens is 268 g/mol. The number of Topliss-reactive ketones (excluding diaryl/α,β-unsaturated/α-hetero) is 3. The molecule has 4 nitrogen and oxygen atoms in total. The highest BCUT2D eigenvalue weighted by Gasteiger charge is 2.41. The largest absolute Gasteiger partial charge is 0.469 e. The van der Waals surface area contributed by atoms with Crippen LogP contribution in [0.5, 0.6) is 0 Å². The summed E-state index contributed by atoms with van der Waals surface area (Å²) in [5.74, 6) is -1.81. The van der Waals surface area contributed by atoms with Crippen molar-refractivity contribution in [3.05, 3.63) is 60.1 Å². The van der Waals surface area contributed by atoms with Gasteiger partial charge in [0.2, 0.25) is 0 Å². The van der Waals surface area contributed by atoms with Crippen LogP contribution < -0.4 is 0 Å². The molecule has 4 heteroatoms. The number of hydrogen-bond acceptors (Lipinski definition) is 4. The molecule has 0 bridgehead atoms. The summed E-state index contributed by atoms with van der Waals surface area (Å²) < 4.78 is 5.26. The topological polar surface area (TPSA) is 64.3 Å². The van der Waals surface area contributed by atoms with Crippen molar-refractivity contribution in [3.8, 4) is 0 Å². The molecule has 0 N–H and O–H groups in total. The smallest absolute Gasteiger partial charge is 0.180 e. The fraction of sp³-hybridized carbons (Fsp3) is 0.235. The highest BCUT2D eigenvalue weighted by Crippen LogP contribution is 2.33. The third-order valence-electron chi connectivity index (χ3n) is 3.81. The lowest BCUT2D eigenvalue weighted by atomic mass is 9.76. The average molecular weight is 282 g/mol. The molecule has 1 aromatic carbocycles. The predicted molar refractivity (Wildman–Crippen MR) is 75.0 cm³/mol. The minimum atomic E-state index is -1.15. The molecule has 0 atom stereocenters. The quantitative estimate of drug-likeness (QED) is 0.641. The van der Waals surface area contributed by atoms with Crippen LogP contribution in [0.25, 0.3) is 0 Å². The first-order valence-corrected chi connectivity index (χ1v) is 6.85. The molecule has 106 valence electrons. The van der Waals surface area contributed by atoms with Gasteiger partial charge < -0.3 is 4.42 Å². The van der Waals surface area contributed by atoms with Crippen molar-refractivity contribution < 1.29 is 18.8 Å². The van der Waals surface area contributed by atoms with Gasteiger partial charge in [0.05, 0.1) is 6.26 Å². The van der Waals surface area contributed by atoms with E-state index in [0.29, 0.717) is 11.3 Å². The van der Waals surface area contributed by atoms with Crippen LogP contribution in [-0.2, 0) is 9.59 Å². The molecule has 1 aliphatic carbocycles. The molecule has 0 spiro atoms. The lowest BCUT2D eigenvalue weighted by Gasteiger charge is -2.24. The second-order valence-corrected chi connectivity index (χ2v) is 5.22. The maximum Gasteiger partial charge on any atom is 0.180 e. The van der Waals surface area contributed by atoms with E-state index in [0.717, 1.165) is 0 Å². The molecule has 21 heavy (non-hydrogen) atoms. The Labute approximate surface area is 121 Å². The zero-order chi connectivity index (χ0) is 14.8. The monoisotopic (exact) mass is 282 g/mol. The van der Waals surface area contributed by atoms with Crippen molar-refractivity contribution in [1.82, 2.24) is 0 Å². The minimum absolute atomic E-state index is 0.169. The lowest BCUT2D eigenvalue weighted by molar-refractivity contribution is -0.134. The standard InChI is InChI=1S/C17H14O4/c18-13-9-12(15-7-4-8-21-15)10-14(19)16(13)17(20)11-5-2-1-3-6-11/h1-8,12,16H,9-10H2. The highest BCUT2D eigenvalue weighted by molar-refractivity contribution is 6.25. The summed E-state index contributed by atoms with van der Waals surface area (Å²) >= 11 is 0. The van der Waals surface area contributed by atoms with E-state index in [1.807, 2.05) is 0 Å². The van der Waals surface area contributed by atoms with Gasteiger partial charge in [0, 0.05) is 24.3 Å². The van der Waals surface area contributed by atoms with Crippen LogP contribution in [0.1, 0.15) is 34.9 Å². The molecule has 1 fully saturated rings. The fourth-order valence-corrected chi connectivity index (χ4v) is 2.76. The van der Waals surface area contributed by atoms with Crippen molar-refractivity contribution in [2.24, 2.45) is 5.92 Å². The first-order chi connectivity index (χ1) is 10.2. The molecular formula is C17H14O4. The van der Waals surface area contributed by atoms with Gasteiger partial charge in [0.25, 0.3) is 0 Å². The SMILES string of the molecule is O=C1CC(c2ccco2)CC(=O)C1C(=O)c1ccccc1. The molecule has 0 unspecified atom stereocenters. The van der Waals surface area contributed by atoms with E-state index in [4.69, 9.17) is 4.42 Å². The van der Waals surface area contributed by atoms with Gasteiger partial charge in [0.1, 0.15) is 11.7 Å². The van der Waals surface area contributed by atoms with Gasteiger partial charge in [-0.3, -0.25) is 14.4 Å². The van der Waals surface area contributed by atoms with Gasteiger partial charge in [-0.25, -0.2) is 0 Å². The van der Waals surface area contributed by atoms with Gasteiger partial charge in [-0.05, 0) is 12.1 Å². The van der Waals surface area contributed by atoms with Gasteiger partial charge in [0.15, 0.2) is 17.3 Å². The Morgan fingerprint density at radius 2 is 1.62 bits per heavy atom. The highest BCUT2D eigenvalue weighted by atomic mass is 16.3. The van der Waals surface area contributed by atoms with Crippen LogP contribution in [0.15, 0.2) is 53.1 Å². The number of rotatable bonds is 3. The molecule has 2 aromatic rings. The summed E-state index contributed by atoms with van der Waals surface area (Å²) in [6, 6.07) is 12.0. The van der Waals surface area contributed by atoms with E-state index in [1.165, 1.54) is 6.26 Å². The zero-order valence-electron chi connectivity index (χ0n) is 11.3. The van der Waals surface area contributed by atoms with Crippen LogP contribution in [0.4, 0.5) is 0 Å². The molecule has 0 saturated heterocycles. The molecule has 0 amide bonds. The van der Waals surface area contributed by atoms with Crippen LogP contribution in [-0.4, -0.2) is 17.3 Å². The molecule has 1 aromatic heterocycles. The Morgan fingerprint density at radius 1 is 0.952 bits per heavy atom. The predicted octanol–water partition coefficient (Wildman–Crippen LogP) is 2.79. The van der Waals surface area contributed by atoms with Crippen molar-refractivity contribution in [3.63, 3.8) is 0 Å². The fourth-order valence-electron chi connectivity index (χ4n) is 2.76. The first kappa shape index (κ1) is 13.5. The van der Waals surface area contributed by atoms with Crippen LogP contribution >= 0.6 is 0 Å². The summed E-state index contributed by atoms with van der Waals surface area (Å²) in [6.45, 7) is 0. The number of benzene rings is 1. The zero-order valence-corrected chi connectivity index (χ0v) is 11.3. The molecule has 1 heterocycles. The maximum atomic E-state index is 12.3. The molecule has 0 radical (unpaired) electrons. The van der Waals surface area contributed by atoms with Crippen molar-refractivity contribution in [2.75, 3.05) is 0 Å². The summed E-state index contributed by atoms with van der Waals surface area (Å²) in [6.07, 6.45) is 1.86. The van der Waals surface area contributed by atoms with E-state index < -0.39 is 11.7 Å². The summed E-state index contributed by atoms with van der Waals surface area (Å²) in [4.78, 5) is 36.8. The summed E-state index contributed by atoms with van der Waals surface area (Å²) in [7, 11) is 0. The molecule has 0 aliphatic heterocycles. The van der Waals surface area contributed by atoms with Crippen molar-refractivity contribution >= 4 is 17.3 Å². The molecule has 3 rings (SSSR count). The van der Waals surface area contributed by atoms with Gasteiger partial charge in [-0.2, -0.15) is 0 Å². The van der Waals surface area contributed by atoms with E-state index in [1.54, 1.807) is 42.5 Å². The van der Waals surface area contributed by atoms with Gasteiger partial charge >= 0.3 is 0 Å². The maximum absolute atomic E-state index is 12.3. The van der Waals surface area contributed by atoms with Gasteiger partial charge in [-0.15, -0.1) is 0 Å². The average Bonchev–Trinajstić information content (AvgIpc) is 3.01. The number of ketones is 3. The normalized spacial score (nSPS) is 22.3. The van der Waals surface area contributed by atoms with Crippen LogP contribution in [0, 0.1) is 5.92 Å². The summed E-state index contributed by atoms with van der Waals surface area (Å²) in [5, 5.41) is 0. The third kappa shape index (κ3) is 2.57. The van der Waals surface area contributed by atoms with Crippen LogP contribution in [0.2, 0.25) is 0 Å². The Morgan fingerprint density at radius 3 is 2.19 bits per heavy atom. The number of furan rings is 1. The third-order valence-corrected chi connectivity index (χ3v) is 3.81. The number of hydrogen-bond donors (Lipinski definition) is 0. The Bertz CT molecular complexity index is 652. The first-order valence-electron chi connectivity index (χ1n) is 6.85. The molecule has 1 aliphatic rings. The van der Waals surface area contributed by atoms with Crippen molar-refractivity contribution in [1.29, 1.82) is 0 Å². The molecule has 1 saturated carbocycles. The Balaban J connectivity index is 1.81. The second-order valence-electron chi connectivity index (χ2n) is 5.22. The lowest BCUT2D eigenvalue weighted by Crippen LogP contribution is -2.38. The summed E-state index contributed by atoms with van der Waals surface area (Å²) in [5.41, 5.74) is 0.403. The number of carbonyl (C=O) groups excluding carboxylic acids is 3. The van der Waals surface area contributed by atoms with E-state index in [9.17, 15) is 14.4 Å².